The van der Waals surface area contributed by atoms with E-state index in [0.717, 1.165) is 62.1 Å². The second kappa shape index (κ2) is 9.68. The summed E-state index contributed by atoms with van der Waals surface area (Å²) < 4.78 is 12.9. The lowest BCUT2D eigenvalue weighted by molar-refractivity contribution is 0.177. The Kier molecular flexibility index (Phi) is 6.75. The number of aromatic nitrogens is 3. The van der Waals surface area contributed by atoms with Crippen LogP contribution in [0.4, 0.5) is 0 Å². The normalized spacial score (nSPS) is 20.4. The first-order chi connectivity index (χ1) is 15.2. The Morgan fingerprint density at radius 2 is 2.06 bits per heavy atom. The molecule has 1 unspecified atom stereocenters. The molecule has 0 saturated heterocycles. The van der Waals surface area contributed by atoms with E-state index in [4.69, 9.17) is 9.47 Å². The molecule has 1 aliphatic carbocycles. The van der Waals surface area contributed by atoms with E-state index in [1.807, 2.05) is 17.8 Å². The standard InChI is InChI=1S/C23H34N6O2/c1-24-22(26-17-10-11-21-27-20(15-30-2)28-29(21)14-17)25-16-23(12-6-7-13-23)18-8-4-5-9-19(18)31-3/h4-5,8-9,17H,6-7,10-16H2,1-3H3,(H2,24,25,26). The molecule has 0 bridgehead atoms. The van der Waals surface area contributed by atoms with Gasteiger partial charge in [0.25, 0.3) is 0 Å². The van der Waals surface area contributed by atoms with E-state index in [2.05, 4.69) is 43.9 Å². The highest BCUT2D eigenvalue weighted by atomic mass is 16.5. The summed E-state index contributed by atoms with van der Waals surface area (Å²) >= 11 is 0. The number of methoxy groups -OCH3 is 2. The van der Waals surface area contributed by atoms with Gasteiger partial charge >= 0.3 is 0 Å². The molecule has 1 aliphatic heterocycles. The Labute approximate surface area is 184 Å². The van der Waals surface area contributed by atoms with Gasteiger partial charge in [0.1, 0.15) is 18.2 Å². The summed E-state index contributed by atoms with van der Waals surface area (Å²) in [6.45, 7) is 2.07. The fraction of sp³-hybridized carbons (Fsp3) is 0.609. The molecule has 1 aromatic heterocycles. The van der Waals surface area contributed by atoms with Crippen LogP contribution in [0.2, 0.25) is 0 Å². The molecule has 31 heavy (non-hydrogen) atoms. The van der Waals surface area contributed by atoms with Crippen molar-refractivity contribution < 1.29 is 9.47 Å². The number of rotatable bonds is 7. The maximum atomic E-state index is 5.69. The van der Waals surface area contributed by atoms with E-state index in [1.165, 1.54) is 18.4 Å². The molecule has 0 spiro atoms. The first-order valence-electron chi connectivity index (χ1n) is 11.2. The van der Waals surface area contributed by atoms with Crippen LogP contribution >= 0.6 is 0 Å². The number of ether oxygens (including phenoxy) is 2. The number of nitrogens with zero attached hydrogens (tertiary/aromatic N) is 4. The van der Waals surface area contributed by atoms with E-state index in [-0.39, 0.29) is 11.5 Å². The van der Waals surface area contributed by atoms with Crippen LogP contribution in [-0.4, -0.2) is 54.6 Å². The molecule has 2 aliphatic rings. The average molecular weight is 427 g/mol. The lowest BCUT2D eigenvalue weighted by atomic mass is 9.78. The van der Waals surface area contributed by atoms with Crippen LogP contribution in [0.5, 0.6) is 5.75 Å². The molecule has 2 aromatic rings. The number of fused-ring (bicyclic) bond motifs is 1. The van der Waals surface area contributed by atoms with Crippen molar-refractivity contribution in [2.45, 2.75) is 63.1 Å². The minimum atomic E-state index is 0.0743. The number of guanidine groups is 1. The summed E-state index contributed by atoms with van der Waals surface area (Å²) in [6.07, 6.45) is 6.71. The van der Waals surface area contributed by atoms with Gasteiger partial charge in [0, 0.05) is 44.1 Å². The van der Waals surface area contributed by atoms with Crippen molar-refractivity contribution in [3.05, 3.63) is 41.5 Å². The van der Waals surface area contributed by atoms with Crippen molar-refractivity contribution >= 4 is 5.96 Å². The first-order valence-corrected chi connectivity index (χ1v) is 11.2. The summed E-state index contributed by atoms with van der Waals surface area (Å²) in [5, 5.41) is 11.8. The molecular weight excluding hydrogens is 392 g/mol. The van der Waals surface area contributed by atoms with Crippen molar-refractivity contribution in [1.29, 1.82) is 0 Å². The molecule has 2 N–H and O–H groups in total. The quantitative estimate of drug-likeness (QED) is 0.522. The van der Waals surface area contributed by atoms with Crippen LogP contribution < -0.4 is 15.4 Å². The smallest absolute Gasteiger partial charge is 0.191 e. The third kappa shape index (κ3) is 4.69. The maximum absolute atomic E-state index is 5.69. The monoisotopic (exact) mass is 426 g/mol. The number of para-hydroxylation sites is 1. The highest BCUT2D eigenvalue weighted by Crippen LogP contribution is 2.44. The van der Waals surface area contributed by atoms with Crippen molar-refractivity contribution in [2.75, 3.05) is 27.8 Å². The van der Waals surface area contributed by atoms with E-state index >= 15 is 0 Å². The van der Waals surface area contributed by atoms with Crippen LogP contribution in [0, 0.1) is 0 Å². The Balaban J connectivity index is 1.41. The zero-order valence-corrected chi connectivity index (χ0v) is 18.9. The number of hydrogen-bond donors (Lipinski definition) is 2. The molecule has 1 saturated carbocycles. The molecule has 1 fully saturated rings. The first kappa shape index (κ1) is 21.6. The molecular formula is C23H34N6O2. The topological polar surface area (TPSA) is 85.6 Å². The fourth-order valence-corrected chi connectivity index (χ4v) is 4.99. The molecule has 0 radical (unpaired) electrons. The highest BCUT2D eigenvalue weighted by Gasteiger charge is 2.38. The van der Waals surface area contributed by atoms with Gasteiger partial charge in [0.2, 0.25) is 0 Å². The zero-order chi connectivity index (χ0) is 21.7. The largest absolute Gasteiger partial charge is 0.496 e. The SMILES string of the molecule is CN=C(NCC1(c2ccccc2OC)CCCC1)NC1CCc2nc(COC)nn2C1. The predicted octanol–water partition coefficient (Wildman–Crippen LogP) is 2.42. The van der Waals surface area contributed by atoms with Crippen LogP contribution in [0.1, 0.15) is 49.3 Å². The van der Waals surface area contributed by atoms with Gasteiger partial charge in [-0.2, -0.15) is 5.10 Å². The van der Waals surface area contributed by atoms with Gasteiger partial charge in [0.05, 0.1) is 13.7 Å². The minimum absolute atomic E-state index is 0.0743. The zero-order valence-electron chi connectivity index (χ0n) is 18.9. The summed E-state index contributed by atoms with van der Waals surface area (Å²) in [4.78, 5) is 9.06. The maximum Gasteiger partial charge on any atom is 0.191 e. The fourth-order valence-electron chi connectivity index (χ4n) is 4.99. The highest BCUT2D eigenvalue weighted by molar-refractivity contribution is 5.80. The Morgan fingerprint density at radius 3 is 2.81 bits per heavy atom. The Morgan fingerprint density at radius 1 is 1.26 bits per heavy atom. The van der Waals surface area contributed by atoms with E-state index in [1.54, 1.807) is 14.2 Å². The van der Waals surface area contributed by atoms with Gasteiger partial charge in [0.15, 0.2) is 11.8 Å². The second-order valence-electron chi connectivity index (χ2n) is 8.55. The lowest BCUT2D eigenvalue weighted by Crippen LogP contribution is -2.50. The van der Waals surface area contributed by atoms with Gasteiger partial charge in [-0.1, -0.05) is 31.0 Å². The summed E-state index contributed by atoms with van der Waals surface area (Å²) in [5.41, 5.74) is 1.37. The predicted molar refractivity (Wildman–Crippen MR) is 120 cm³/mol. The molecule has 168 valence electrons. The van der Waals surface area contributed by atoms with Crippen LogP contribution in [0.25, 0.3) is 0 Å². The van der Waals surface area contributed by atoms with Crippen molar-refractivity contribution in [1.82, 2.24) is 25.4 Å². The minimum Gasteiger partial charge on any atom is -0.496 e. The van der Waals surface area contributed by atoms with Gasteiger partial charge in [-0.15, -0.1) is 0 Å². The third-order valence-corrected chi connectivity index (χ3v) is 6.57. The van der Waals surface area contributed by atoms with Crippen LogP contribution in [0.15, 0.2) is 29.3 Å². The molecule has 4 rings (SSSR count). The molecule has 8 nitrogen and oxygen atoms in total. The number of aliphatic imine (C=N–C) groups is 1. The van der Waals surface area contributed by atoms with Gasteiger partial charge < -0.3 is 20.1 Å². The summed E-state index contributed by atoms with van der Waals surface area (Å²) in [5.74, 6) is 3.61. The van der Waals surface area contributed by atoms with Crippen molar-refractivity contribution in [3.8, 4) is 5.75 Å². The number of hydrogen-bond acceptors (Lipinski definition) is 5. The molecule has 1 aromatic carbocycles. The van der Waals surface area contributed by atoms with Gasteiger partial charge in [-0.3, -0.25) is 4.99 Å². The van der Waals surface area contributed by atoms with Crippen LogP contribution in [-0.2, 0) is 29.7 Å². The second-order valence-corrected chi connectivity index (χ2v) is 8.55. The molecule has 2 heterocycles. The van der Waals surface area contributed by atoms with E-state index in [9.17, 15) is 0 Å². The van der Waals surface area contributed by atoms with Gasteiger partial charge in [-0.05, 0) is 25.3 Å². The summed E-state index contributed by atoms with van der Waals surface area (Å²) in [7, 11) is 5.26. The number of nitrogens with one attached hydrogen (secondary N) is 2. The van der Waals surface area contributed by atoms with Crippen molar-refractivity contribution in [3.63, 3.8) is 0 Å². The average Bonchev–Trinajstić information content (AvgIpc) is 3.44. The molecule has 8 heteroatoms. The van der Waals surface area contributed by atoms with E-state index < -0.39 is 0 Å². The van der Waals surface area contributed by atoms with E-state index in [0.29, 0.717) is 6.61 Å². The van der Waals surface area contributed by atoms with Crippen molar-refractivity contribution in [2.24, 2.45) is 4.99 Å². The number of aryl methyl sites for hydroxylation is 1. The molecule has 1 atom stereocenters. The third-order valence-electron chi connectivity index (χ3n) is 6.57. The number of benzene rings is 1. The summed E-state index contributed by atoms with van der Waals surface area (Å²) in [6, 6.07) is 8.70. The van der Waals surface area contributed by atoms with Gasteiger partial charge in [-0.25, -0.2) is 9.67 Å². The van der Waals surface area contributed by atoms with Crippen LogP contribution in [0.3, 0.4) is 0 Å². The Hall–Kier alpha value is -2.61. The molecule has 0 amide bonds. The lowest BCUT2D eigenvalue weighted by Gasteiger charge is -2.33. The Bertz CT molecular complexity index is 903.